The molecule has 3 heteroatoms. The molecule has 0 aromatic heterocycles. The predicted octanol–water partition coefficient (Wildman–Crippen LogP) is 0.0224. The Hall–Kier alpha value is -0.560. The molecule has 0 unspecified atom stereocenters. The van der Waals surface area contributed by atoms with Crippen molar-refractivity contribution in [1.82, 2.24) is 10.2 Å². The minimum Gasteiger partial charge on any atom is -0.329 e. The standard InChI is InChI=1S/C11H21N3/c1-3-4-7-13-11(10-12)5-8-14(2)9-6-11/h13H,5-10,12H2,1-2H3. The third kappa shape index (κ3) is 2.98. The van der Waals surface area contributed by atoms with Gasteiger partial charge in [-0.15, -0.1) is 5.92 Å². The molecule has 3 N–H and O–H groups in total. The fraction of sp³-hybridized carbons (Fsp3) is 0.818. The molecule has 0 amide bonds. The Morgan fingerprint density at radius 1 is 1.43 bits per heavy atom. The molecule has 1 saturated heterocycles. The molecule has 1 heterocycles. The van der Waals surface area contributed by atoms with Gasteiger partial charge < -0.3 is 10.6 Å². The molecule has 1 fully saturated rings. The summed E-state index contributed by atoms with van der Waals surface area (Å²) in [4.78, 5) is 2.35. The second-order valence-corrected chi connectivity index (χ2v) is 4.07. The van der Waals surface area contributed by atoms with Gasteiger partial charge in [0.25, 0.3) is 0 Å². The molecule has 0 aromatic carbocycles. The molecular weight excluding hydrogens is 174 g/mol. The van der Waals surface area contributed by atoms with Crippen LogP contribution in [0.2, 0.25) is 0 Å². The van der Waals surface area contributed by atoms with Crippen LogP contribution in [-0.4, -0.2) is 43.7 Å². The van der Waals surface area contributed by atoms with Crippen LogP contribution in [0, 0.1) is 11.8 Å². The van der Waals surface area contributed by atoms with E-state index in [-0.39, 0.29) is 5.54 Å². The number of hydrogen-bond acceptors (Lipinski definition) is 3. The summed E-state index contributed by atoms with van der Waals surface area (Å²) >= 11 is 0. The lowest BCUT2D eigenvalue weighted by Gasteiger charge is -2.40. The molecule has 80 valence electrons. The monoisotopic (exact) mass is 195 g/mol. The van der Waals surface area contributed by atoms with Crippen LogP contribution in [0.25, 0.3) is 0 Å². The highest BCUT2D eigenvalue weighted by atomic mass is 15.1. The molecule has 1 aliphatic rings. The molecule has 0 radical (unpaired) electrons. The van der Waals surface area contributed by atoms with E-state index < -0.39 is 0 Å². The van der Waals surface area contributed by atoms with E-state index in [1.807, 2.05) is 6.92 Å². The van der Waals surface area contributed by atoms with Crippen LogP contribution in [0.1, 0.15) is 19.8 Å². The Morgan fingerprint density at radius 2 is 2.07 bits per heavy atom. The summed E-state index contributed by atoms with van der Waals surface area (Å²) in [5, 5.41) is 3.48. The maximum Gasteiger partial charge on any atom is 0.0581 e. The topological polar surface area (TPSA) is 41.3 Å². The summed E-state index contributed by atoms with van der Waals surface area (Å²) in [5.41, 5.74) is 5.97. The summed E-state index contributed by atoms with van der Waals surface area (Å²) in [7, 11) is 2.16. The smallest absolute Gasteiger partial charge is 0.0581 e. The van der Waals surface area contributed by atoms with Crippen molar-refractivity contribution in [1.29, 1.82) is 0 Å². The maximum atomic E-state index is 5.84. The second-order valence-electron chi connectivity index (χ2n) is 4.07. The summed E-state index contributed by atoms with van der Waals surface area (Å²) in [5.74, 6) is 5.93. The van der Waals surface area contributed by atoms with E-state index in [1.54, 1.807) is 0 Å². The quantitative estimate of drug-likeness (QED) is 0.624. The van der Waals surface area contributed by atoms with Gasteiger partial charge in [0.15, 0.2) is 0 Å². The predicted molar refractivity (Wildman–Crippen MR) is 60.0 cm³/mol. The van der Waals surface area contributed by atoms with Crippen LogP contribution in [0.4, 0.5) is 0 Å². The highest BCUT2D eigenvalue weighted by Crippen LogP contribution is 2.19. The Kier molecular flexibility index (Phi) is 4.40. The lowest BCUT2D eigenvalue weighted by Crippen LogP contribution is -2.57. The average Bonchev–Trinajstić information content (AvgIpc) is 2.22. The van der Waals surface area contributed by atoms with Crippen molar-refractivity contribution < 1.29 is 0 Å². The van der Waals surface area contributed by atoms with E-state index in [0.717, 1.165) is 32.5 Å². The molecule has 0 saturated carbocycles. The summed E-state index contributed by atoms with van der Waals surface area (Å²) in [6, 6.07) is 0. The molecule has 1 aliphatic heterocycles. The van der Waals surface area contributed by atoms with Crippen LogP contribution >= 0.6 is 0 Å². The van der Waals surface area contributed by atoms with E-state index in [9.17, 15) is 0 Å². The van der Waals surface area contributed by atoms with Crippen molar-refractivity contribution in [2.24, 2.45) is 5.73 Å². The van der Waals surface area contributed by atoms with Crippen molar-refractivity contribution in [3.63, 3.8) is 0 Å². The lowest BCUT2D eigenvalue weighted by molar-refractivity contribution is 0.166. The van der Waals surface area contributed by atoms with Gasteiger partial charge in [-0.1, -0.05) is 5.92 Å². The lowest BCUT2D eigenvalue weighted by atomic mass is 9.87. The zero-order chi connectivity index (χ0) is 10.4. The third-order valence-electron chi connectivity index (χ3n) is 3.06. The van der Waals surface area contributed by atoms with E-state index in [4.69, 9.17) is 5.73 Å². The normalized spacial score (nSPS) is 21.4. The minimum absolute atomic E-state index is 0.135. The first-order chi connectivity index (χ1) is 6.72. The van der Waals surface area contributed by atoms with Crippen molar-refractivity contribution in [2.45, 2.75) is 25.3 Å². The SMILES string of the molecule is CC#CCNC1(CN)CCN(C)CC1. The molecule has 0 spiro atoms. The Balaban J connectivity index is 2.44. The van der Waals surface area contributed by atoms with Crippen LogP contribution in [0.5, 0.6) is 0 Å². The number of hydrogen-bond donors (Lipinski definition) is 2. The van der Waals surface area contributed by atoms with Gasteiger partial charge in [0, 0.05) is 12.1 Å². The van der Waals surface area contributed by atoms with Crippen molar-refractivity contribution >= 4 is 0 Å². The van der Waals surface area contributed by atoms with Gasteiger partial charge in [-0.3, -0.25) is 5.32 Å². The number of rotatable bonds is 3. The van der Waals surface area contributed by atoms with E-state index >= 15 is 0 Å². The minimum atomic E-state index is 0.135. The molecule has 0 aromatic rings. The molecule has 0 aliphatic carbocycles. The van der Waals surface area contributed by atoms with Crippen LogP contribution in [-0.2, 0) is 0 Å². The molecule has 0 atom stereocenters. The summed E-state index contributed by atoms with van der Waals surface area (Å²) in [6.07, 6.45) is 2.26. The fourth-order valence-electron chi connectivity index (χ4n) is 1.82. The van der Waals surface area contributed by atoms with Crippen LogP contribution in [0.15, 0.2) is 0 Å². The number of nitrogens with two attached hydrogens (primary N) is 1. The van der Waals surface area contributed by atoms with Gasteiger partial charge in [-0.25, -0.2) is 0 Å². The first-order valence-corrected chi connectivity index (χ1v) is 5.26. The fourth-order valence-corrected chi connectivity index (χ4v) is 1.82. The van der Waals surface area contributed by atoms with E-state index in [0.29, 0.717) is 6.54 Å². The zero-order valence-corrected chi connectivity index (χ0v) is 9.27. The van der Waals surface area contributed by atoms with E-state index in [2.05, 4.69) is 29.1 Å². The first kappa shape index (κ1) is 11.5. The van der Waals surface area contributed by atoms with Crippen molar-refractivity contribution in [3.8, 4) is 11.8 Å². The Bertz CT molecular complexity index is 218. The van der Waals surface area contributed by atoms with Gasteiger partial charge in [0.2, 0.25) is 0 Å². The van der Waals surface area contributed by atoms with Crippen molar-refractivity contribution in [3.05, 3.63) is 0 Å². The van der Waals surface area contributed by atoms with Crippen LogP contribution < -0.4 is 11.1 Å². The number of nitrogens with zero attached hydrogens (tertiary/aromatic N) is 1. The van der Waals surface area contributed by atoms with Gasteiger partial charge in [0.05, 0.1) is 6.54 Å². The molecular formula is C11H21N3. The van der Waals surface area contributed by atoms with Gasteiger partial charge in [-0.05, 0) is 39.9 Å². The third-order valence-corrected chi connectivity index (χ3v) is 3.06. The number of likely N-dealkylation sites (tertiary alicyclic amines) is 1. The number of piperidine rings is 1. The maximum absolute atomic E-state index is 5.84. The van der Waals surface area contributed by atoms with Gasteiger partial charge >= 0.3 is 0 Å². The van der Waals surface area contributed by atoms with Crippen LogP contribution in [0.3, 0.4) is 0 Å². The molecule has 14 heavy (non-hydrogen) atoms. The molecule has 0 bridgehead atoms. The van der Waals surface area contributed by atoms with Gasteiger partial charge in [-0.2, -0.15) is 0 Å². The first-order valence-electron chi connectivity index (χ1n) is 5.26. The summed E-state index contributed by atoms with van der Waals surface area (Å²) in [6.45, 7) is 5.60. The zero-order valence-electron chi connectivity index (χ0n) is 9.27. The highest BCUT2D eigenvalue weighted by Gasteiger charge is 2.31. The molecule has 1 rings (SSSR count). The molecule has 3 nitrogen and oxygen atoms in total. The Labute approximate surface area is 87.0 Å². The summed E-state index contributed by atoms with van der Waals surface area (Å²) < 4.78 is 0. The average molecular weight is 195 g/mol. The highest BCUT2D eigenvalue weighted by molar-refractivity contribution is 5.02. The largest absolute Gasteiger partial charge is 0.329 e. The van der Waals surface area contributed by atoms with Gasteiger partial charge in [0.1, 0.15) is 0 Å². The number of nitrogens with one attached hydrogen (secondary N) is 1. The van der Waals surface area contributed by atoms with Crippen molar-refractivity contribution in [2.75, 3.05) is 33.2 Å². The Morgan fingerprint density at radius 3 is 2.57 bits per heavy atom. The van der Waals surface area contributed by atoms with E-state index in [1.165, 1.54) is 0 Å². The second kappa shape index (κ2) is 5.35.